The summed E-state index contributed by atoms with van der Waals surface area (Å²) in [5.41, 5.74) is 1.42. The largest absolute Gasteiger partial charge is 0.506 e. The lowest BCUT2D eigenvalue weighted by atomic mass is 10.1. The van der Waals surface area contributed by atoms with Gasteiger partial charge in [0.2, 0.25) is 0 Å². The molecule has 0 radical (unpaired) electrons. The van der Waals surface area contributed by atoms with Crippen molar-refractivity contribution in [1.29, 1.82) is 0 Å². The van der Waals surface area contributed by atoms with Crippen LogP contribution in [0, 0.1) is 0 Å². The number of aromatic hydroxyl groups is 1. The molecule has 0 unspecified atom stereocenters. The van der Waals surface area contributed by atoms with Crippen LogP contribution in [0.1, 0.15) is 15.9 Å². The van der Waals surface area contributed by atoms with Gasteiger partial charge in [-0.05, 0) is 5.56 Å². The molecule has 3 aromatic rings. The highest BCUT2D eigenvalue weighted by Crippen LogP contribution is 2.38. The fourth-order valence-corrected chi connectivity index (χ4v) is 3.18. The molecule has 0 saturated heterocycles. The highest BCUT2D eigenvalue weighted by atomic mass is 32.2. The molecule has 0 aliphatic carbocycles. The van der Waals surface area contributed by atoms with Crippen molar-refractivity contribution >= 4 is 39.1 Å². The molecule has 2 N–H and O–H groups in total. The van der Waals surface area contributed by atoms with E-state index in [1.54, 1.807) is 42.5 Å². The Morgan fingerprint density at radius 1 is 0.920 bits per heavy atom. The predicted octanol–water partition coefficient (Wildman–Crippen LogP) is 3.36. The molecule has 3 aromatic carbocycles. The number of rotatable bonds is 4. The molecule has 25 heavy (non-hydrogen) atoms. The molecule has 0 amide bonds. The number of nitrogens with zero attached hydrogens (tertiary/aromatic N) is 1. The number of aliphatic imine (C=N–C) groups is 1. The minimum absolute atomic E-state index is 0.183. The van der Waals surface area contributed by atoms with Gasteiger partial charge in [0.05, 0.1) is 0 Å². The van der Waals surface area contributed by atoms with Gasteiger partial charge >= 0.3 is 0 Å². The molecule has 0 bridgehead atoms. The Balaban J connectivity index is 2.15. The number of benzene rings is 3. The van der Waals surface area contributed by atoms with E-state index in [2.05, 4.69) is 4.99 Å². The second-order valence-corrected chi connectivity index (χ2v) is 6.70. The van der Waals surface area contributed by atoms with Crippen LogP contribution in [-0.4, -0.2) is 30.6 Å². The van der Waals surface area contributed by atoms with Gasteiger partial charge in [0.15, 0.2) is 0 Å². The molecule has 0 heterocycles. The average Bonchev–Trinajstić information content (AvgIpc) is 2.60. The first-order valence-electron chi connectivity index (χ1n) is 7.21. The Hall–Kier alpha value is -3.03. The second-order valence-electron chi connectivity index (χ2n) is 5.31. The van der Waals surface area contributed by atoms with Crippen molar-refractivity contribution in [2.75, 3.05) is 0 Å². The lowest BCUT2D eigenvalue weighted by Gasteiger charge is -2.09. The van der Waals surface area contributed by atoms with Crippen LogP contribution in [-0.2, 0) is 10.1 Å². The van der Waals surface area contributed by atoms with Gasteiger partial charge in [-0.3, -0.25) is 14.3 Å². The Labute approximate surface area is 143 Å². The molecule has 0 fully saturated rings. The molecular weight excluding hydrogens is 342 g/mol. The van der Waals surface area contributed by atoms with Gasteiger partial charge in [0.1, 0.15) is 22.6 Å². The maximum absolute atomic E-state index is 11.5. The summed E-state index contributed by atoms with van der Waals surface area (Å²) in [6.07, 6.45) is 2.22. The number of hydrogen-bond donors (Lipinski definition) is 2. The molecule has 3 rings (SSSR count). The monoisotopic (exact) mass is 355 g/mol. The maximum Gasteiger partial charge on any atom is 0.295 e. The highest BCUT2D eigenvalue weighted by Gasteiger charge is 2.18. The number of hydrogen-bond acceptors (Lipinski definition) is 5. The van der Waals surface area contributed by atoms with Crippen molar-refractivity contribution in [3.05, 3.63) is 65.7 Å². The quantitative estimate of drug-likeness (QED) is 0.424. The van der Waals surface area contributed by atoms with Gasteiger partial charge in [-0.25, -0.2) is 0 Å². The van der Waals surface area contributed by atoms with Gasteiger partial charge in [0.25, 0.3) is 10.1 Å². The number of phenols is 1. The summed E-state index contributed by atoms with van der Waals surface area (Å²) >= 11 is 0. The number of fused-ring (bicyclic) bond motifs is 1. The average molecular weight is 355 g/mol. The van der Waals surface area contributed by atoms with Crippen molar-refractivity contribution in [3.63, 3.8) is 0 Å². The minimum Gasteiger partial charge on any atom is -0.506 e. The Morgan fingerprint density at radius 2 is 1.52 bits per heavy atom. The summed E-state index contributed by atoms with van der Waals surface area (Å²) in [5.74, 6) is -0.368. The number of carbonyl (C=O) groups is 1. The Bertz CT molecular complexity index is 1090. The Kier molecular flexibility index (Phi) is 4.35. The van der Waals surface area contributed by atoms with E-state index in [9.17, 15) is 22.9 Å². The third-order valence-corrected chi connectivity index (χ3v) is 4.54. The van der Waals surface area contributed by atoms with Gasteiger partial charge in [-0.2, -0.15) is 8.42 Å². The first kappa shape index (κ1) is 16.8. The second kappa shape index (κ2) is 6.46. The summed E-state index contributed by atoms with van der Waals surface area (Å²) in [6, 6.07) is 14.0. The first-order valence-corrected chi connectivity index (χ1v) is 8.65. The molecule has 6 nitrogen and oxygen atoms in total. The van der Waals surface area contributed by atoms with Crippen molar-refractivity contribution < 1.29 is 22.9 Å². The molecule has 0 aliphatic rings. The van der Waals surface area contributed by atoms with Crippen molar-refractivity contribution in [1.82, 2.24) is 0 Å². The van der Waals surface area contributed by atoms with Crippen LogP contribution >= 0.6 is 0 Å². The van der Waals surface area contributed by atoms with Crippen LogP contribution in [0.25, 0.3) is 10.8 Å². The molecule has 0 saturated carbocycles. The van der Waals surface area contributed by atoms with E-state index in [1.165, 1.54) is 12.3 Å². The fraction of sp³-hybridized carbons (Fsp3) is 0. The molecule has 126 valence electrons. The maximum atomic E-state index is 11.5. The van der Waals surface area contributed by atoms with E-state index < -0.39 is 10.1 Å². The molecule has 0 aliphatic heterocycles. The van der Waals surface area contributed by atoms with Crippen LogP contribution in [0.15, 0.2) is 64.5 Å². The van der Waals surface area contributed by atoms with E-state index in [4.69, 9.17) is 0 Å². The van der Waals surface area contributed by atoms with Crippen LogP contribution < -0.4 is 0 Å². The normalized spacial score (nSPS) is 11.9. The summed E-state index contributed by atoms with van der Waals surface area (Å²) in [6.45, 7) is 0. The molecular formula is C18H13NO5S. The van der Waals surface area contributed by atoms with Gasteiger partial charge in [0, 0.05) is 28.6 Å². The highest BCUT2D eigenvalue weighted by molar-refractivity contribution is 7.86. The van der Waals surface area contributed by atoms with Crippen LogP contribution in [0.4, 0.5) is 5.69 Å². The van der Waals surface area contributed by atoms with Gasteiger partial charge < -0.3 is 5.11 Å². The van der Waals surface area contributed by atoms with Crippen LogP contribution in [0.2, 0.25) is 0 Å². The molecule has 0 aromatic heterocycles. The van der Waals surface area contributed by atoms with E-state index >= 15 is 0 Å². The zero-order valence-corrected chi connectivity index (χ0v) is 13.6. The molecule has 0 atom stereocenters. The van der Waals surface area contributed by atoms with Gasteiger partial charge in [-0.1, -0.05) is 48.5 Å². The van der Waals surface area contributed by atoms with Crippen molar-refractivity contribution in [2.45, 2.75) is 4.90 Å². The van der Waals surface area contributed by atoms with E-state index in [-0.39, 0.29) is 21.7 Å². The topological polar surface area (TPSA) is 104 Å². The lowest BCUT2D eigenvalue weighted by Crippen LogP contribution is -1.99. The smallest absolute Gasteiger partial charge is 0.295 e. The van der Waals surface area contributed by atoms with Gasteiger partial charge in [-0.15, -0.1) is 0 Å². The lowest BCUT2D eigenvalue weighted by molar-refractivity contribution is 0.112. The molecule has 7 heteroatoms. The van der Waals surface area contributed by atoms with E-state index in [0.717, 1.165) is 12.4 Å². The number of carbonyl (C=O) groups excluding carboxylic acids is 1. The number of phenolic OH excluding ortho intramolecular Hbond substituents is 1. The standard InChI is InChI=1S/C18H13NO5S/c20-11-13-7-5-12(6-8-13)10-19-18-15-4-2-1-3-14(15)17(9-16(18)21)25(22,23)24/h1-11,21H,(H,22,23,24). The van der Waals surface area contributed by atoms with E-state index in [0.29, 0.717) is 16.5 Å². The predicted molar refractivity (Wildman–Crippen MR) is 94.5 cm³/mol. The third-order valence-electron chi connectivity index (χ3n) is 3.65. The summed E-state index contributed by atoms with van der Waals surface area (Å²) in [5, 5.41) is 10.8. The Morgan fingerprint density at radius 3 is 2.12 bits per heavy atom. The van der Waals surface area contributed by atoms with Crippen LogP contribution in [0.5, 0.6) is 5.75 Å². The zero-order valence-electron chi connectivity index (χ0n) is 12.8. The minimum atomic E-state index is -4.49. The fourth-order valence-electron chi connectivity index (χ4n) is 2.46. The van der Waals surface area contributed by atoms with Crippen LogP contribution in [0.3, 0.4) is 0 Å². The first-order chi connectivity index (χ1) is 11.9. The summed E-state index contributed by atoms with van der Waals surface area (Å²) in [7, 11) is -4.49. The summed E-state index contributed by atoms with van der Waals surface area (Å²) in [4.78, 5) is 14.5. The third kappa shape index (κ3) is 3.42. The van der Waals surface area contributed by atoms with Crippen molar-refractivity contribution in [2.24, 2.45) is 4.99 Å². The SMILES string of the molecule is O=Cc1ccc(C=Nc2c(O)cc(S(=O)(=O)O)c3ccccc23)cc1. The van der Waals surface area contributed by atoms with E-state index in [1.807, 2.05) is 0 Å². The van der Waals surface area contributed by atoms with Crippen molar-refractivity contribution in [3.8, 4) is 5.75 Å². The summed E-state index contributed by atoms with van der Waals surface area (Å²) < 4.78 is 32.4. The molecule has 0 spiro atoms. The zero-order chi connectivity index (χ0) is 18.0. The number of aldehydes is 1.